The van der Waals surface area contributed by atoms with Crippen LogP contribution < -0.4 is 0 Å². The molecule has 88 valence electrons. The first-order valence-electron chi connectivity index (χ1n) is 5.93. The van der Waals surface area contributed by atoms with Crippen LogP contribution in [-0.2, 0) is 11.3 Å². The van der Waals surface area contributed by atoms with Crippen molar-refractivity contribution in [3.8, 4) is 0 Å². The average Bonchev–Trinajstić information content (AvgIpc) is 2.91. The molecule has 2 aliphatic heterocycles. The number of benzene rings is 1. The lowest BCUT2D eigenvalue weighted by atomic mass is 10.2. The van der Waals surface area contributed by atoms with Crippen molar-refractivity contribution in [2.24, 2.45) is 0 Å². The molecule has 1 atom stereocenters. The molecule has 2 aliphatic rings. The predicted octanol–water partition coefficient (Wildman–Crippen LogP) is 1.78. The fourth-order valence-corrected chi connectivity index (χ4v) is 2.97. The zero-order valence-electron chi connectivity index (χ0n) is 9.50. The second-order valence-electron chi connectivity index (χ2n) is 4.54. The molecule has 1 amide bonds. The summed E-state index contributed by atoms with van der Waals surface area (Å²) in [7, 11) is 0. The molecule has 2 saturated heterocycles. The number of hydrogen-bond acceptors (Lipinski definition) is 2. The first kappa shape index (κ1) is 10.7. The highest BCUT2D eigenvalue weighted by Crippen LogP contribution is 2.28. The molecule has 0 aliphatic carbocycles. The topological polar surface area (TPSA) is 23.6 Å². The minimum Gasteiger partial charge on any atom is -0.337 e. The summed E-state index contributed by atoms with van der Waals surface area (Å²) in [4.78, 5) is 16.0. The fourth-order valence-electron chi connectivity index (χ4n) is 2.59. The van der Waals surface area contributed by atoms with Crippen LogP contribution in [0, 0.1) is 0 Å². The molecule has 3 rings (SSSR count). The molecule has 1 aromatic carbocycles. The maximum atomic E-state index is 12.2. The van der Waals surface area contributed by atoms with Crippen LogP contribution in [0.4, 0.5) is 0 Å². The Morgan fingerprint density at radius 1 is 1.29 bits per heavy atom. The number of carbonyl (C=O) groups excluding carboxylic acids is 1. The minimum atomic E-state index is 0.0196. The maximum Gasteiger partial charge on any atom is 0.251 e. The second-order valence-corrected chi connectivity index (χ2v) is 4.91. The number of fused-ring (bicyclic) bond motifs is 1. The van der Waals surface area contributed by atoms with E-state index in [1.165, 1.54) is 0 Å². The van der Waals surface area contributed by atoms with E-state index < -0.39 is 0 Å². The van der Waals surface area contributed by atoms with Gasteiger partial charge in [-0.05, 0) is 30.6 Å². The normalized spacial score (nSPS) is 23.4. The fraction of sp³-hybridized carbons (Fsp3) is 0.385. The monoisotopic (exact) mass is 246 g/mol. The molecule has 2 heterocycles. The molecular weight excluding hydrogens is 232 g/mol. The van der Waals surface area contributed by atoms with Gasteiger partial charge in [0.15, 0.2) is 5.11 Å². The van der Waals surface area contributed by atoms with Gasteiger partial charge in [-0.15, -0.1) is 0 Å². The Labute approximate surface area is 106 Å². The number of thiocarbonyl (C=S) groups is 1. The summed E-state index contributed by atoms with van der Waals surface area (Å²) in [5.74, 6) is 0.177. The van der Waals surface area contributed by atoms with E-state index in [2.05, 4.69) is 4.90 Å². The highest BCUT2D eigenvalue weighted by atomic mass is 32.1. The summed E-state index contributed by atoms with van der Waals surface area (Å²) in [5.41, 5.74) is 1.13. The van der Waals surface area contributed by atoms with Gasteiger partial charge in [-0.3, -0.25) is 9.69 Å². The van der Waals surface area contributed by atoms with E-state index in [-0.39, 0.29) is 11.9 Å². The lowest BCUT2D eigenvalue weighted by Crippen LogP contribution is -2.32. The van der Waals surface area contributed by atoms with Crippen molar-refractivity contribution < 1.29 is 4.79 Å². The summed E-state index contributed by atoms with van der Waals surface area (Å²) < 4.78 is 0. The van der Waals surface area contributed by atoms with Gasteiger partial charge in [0.25, 0.3) is 5.91 Å². The third-order valence-electron chi connectivity index (χ3n) is 3.46. The van der Waals surface area contributed by atoms with E-state index in [0.29, 0.717) is 11.7 Å². The Morgan fingerprint density at radius 3 is 2.76 bits per heavy atom. The Bertz CT molecular complexity index is 438. The van der Waals surface area contributed by atoms with E-state index in [1.807, 2.05) is 30.3 Å². The van der Waals surface area contributed by atoms with Gasteiger partial charge in [0.1, 0.15) is 6.04 Å². The van der Waals surface area contributed by atoms with E-state index in [1.54, 1.807) is 4.90 Å². The Balaban J connectivity index is 1.81. The molecule has 0 N–H and O–H groups in total. The van der Waals surface area contributed by atoms with Gasteiger partial charge in [0.2, 0.25) is 0 Å². The number of nitrogens with zero attached hydrogens (tertiary/aromatic N) is 2. The molecule has 0 bridgehead atoms. The van der Waals surface area contributed by atoms with Crippen LogP contribution in [0.1, 0.15) is 18.4 Å². The third kappa shape index (κ3) is 1.72. The first-order valence-corrected chi connectivity index (χ1v) is 6.34. The van der Waals surface area contributed by atoms with Crippen LogP contribution in [0.3, 0.4) is 0 Å². The summed E-state index contributed by atoms with van der Waals surface area (Å²) in [6.45, 7) is 1.53. The van der Waals surface area contributed by atoms with Gasteiger partial charge < -0.3 is 4.90 Å². The molecule has 0 spiro atoms. The Hall–Kier alpha value is -1.42. The first-order chi connectivity index (χ1) is 8.27. The van der Waals surface area contributed by atoms with Gasteiger partial charge in [-0.2, -0.15) is 0 Å². The maximum absolute atomic E-state index is 12.2. The molecule has 4 heteroatoms. The predicted molar refractivity (Wildman–Crippen MR) is 69.3 cm³/mol. The number of amides is 1. The van der Waals surface area contributed by atoms with Gasteiger partial charge in [-0.25, -0.2) is 0 Å². The molecule has 3 nitrogen and oxygen atoms in total. The van der Waals surface area contributed by atoms with Crippen molar-refractivity contribution in [1.82, 2.24) is 9.80 Å². The standard InChI is InChI=1S/C13H14N2OS/c16-12-11-7-4-8-14(11)13(17)15(12)9-10-5-2-1-3-6-10/h1-3,5-6,11H,4,7-9H2/t11-/m0/s1. The molecule has 0 unspecified atom stereocenters. The summed E-state index contributed by atoms with van der Waals surface area (Å²) in [5, 5.41) is 0.710. The van der Waals surface area contributed by atoms with Crippen LogP contribution >= 0.6 is 12.2 Å². The summed E-state index contributed by atoms with van der Waals surface area (Å²) in [6, 6.07) is 10.0. The van der Waals surface area contributed by atoms with Gasteiger partial charge in [-0.1, -0.05) is 30.3 Å². The quantitative estimate of drug-likeness (QED) is 0.743. The largest absolute Gasteiger partial charge is 0.337 e. The van der Waals surface area contributed by atoms with E-state index in [4.69, 9.17) is 12.2 Å². The van der Waals surface area contributed by atoms with Crippen LogP contribution in [0.25, 0.3) is 0 Å². The smallest absolute Gasteiger partial charge is 0.251 e. The highest BCUT2D eigenvalue weighted by molar-refractivity contribution is 7.80. The zero-order chi connectivity index (χ0) is 11.8. The molecule has 0 aromatic heterocycles. The average molecular weight is 246 g/mol. The van der Waals surface area contributed by atoms with Gasteiger partial charge >= 0.3 is 0 Å². The van der Waals surface area contributed by atoms with Crippen molar-refractivity contribution >= 4 is 23.2 Å². The summed E-state index contributed by atoms with van der Waals surface area (Å²) >= 11 is 5.39. The Kier molecular flexibility index (Phi) is 2.59. The van der Waals surface area contributed by atoms with Crippen molar-refractivity contribution in [2.45, 2.75) is 25.4 Å². The number of rotatable bonds is 2. The van der Waals surface area contributed by atoms with Crippen LogP contribution in [0.5, 0.6) is 0 Å². The SMILES string of the molecule is O=C1[C@@H]2CCCN2C(=S)N1Cc1ccccc1. The lowest BCUT2D eigenvalue weighted by Gasteiger charge is -2.18. The van der Waals surface area contributed by atoms with Crippen molar-refractivity contribution in [3.05, 3.63) is 35.9 Å². The Morgan fingerprint density at radius 2 is 2.06 bits per heavy atom. The van der Waals surface area contributed by atoms with Crippen molar-refractivity contribution in [1.29, 1.82) is 0 Å². The molecule has 0 radical (unpaired) electrons. The van der Waals surface area contributed by atoms with Crippen LogP contribution in [0.2, 0.25) is 0 Å². The molecule has 1 aromatic rings. The molecule has 0 saturated carbocycles. The summed E-state index contributed by atoms with van der Waals surface area (Å²) in [6.07, 6.45) is 2.03. The lowest BCUT2D eigenvalue weighted by molar-refractivity contribution is -0.128. The van der Waals surface area contributed by atoms with E-state index in [0.717, 1.165) is 24.9 Å². The molecule has 2 fully saturated rings. The molecular formula is C13H14N2OS. The number of hydrogen-bond donors (Lipinski definition) is 0. The number of carbonyl (C=O) groups is 1. The minimum absolute atomic E-state index is 0.0196. The van der Waals surface area contributed by atoms with Crippen LogP contribution in [0.15, 0.2) is 30.3 Å². The van der Waals surface area contributed by atoms with E-state index >= 15 is 0 Å². The zero-order valence-corrected chi connectivity index (χ0v) is 10.3. The van der Waals surface area contributed by atoms with Crippen LogP contribution in [-0.4, -0.2) is 33.4 Å². The van der Waals surface area contributed by atoms with Gasteiger partial charge in [0.05, 0.1) is 6.54 Å². The van der Waals surface area contributed by atoms with E-state index in [9.17, 15) is 4.79 Å². The third-order valence-corrected chi connectivity index (χ3v) is 3.92. The van der Waals surface area contributed by atoms with Gasteiger partial charge in [0, 0.05) is 6.54 Å². The second kappa shape index (κ2) is 4.11. The molecule has 17 heavy (non-hydrogen) atoms. The van der Waals surface area contributed by atoms with Crippen molar-refractivity contribution in [3.63, 3.8) is 0 Å². The van der Waals surface area contributed by atoms with Crippen molar-refractivity contribution in [2.75, 3.05) is 6.54 Å². The highest BCUT2D eigenvalue weighted by Gasteiger charge is 2.44.